The average Bonchev–Trinajstić information content (AvgIpc) is 3.20. The predicted octanol–water partition coefficient (Wildman–Crippen LogP) is 3.78. The van der Waals surface area contributed by atoms with E-state index in [0.29, 0.717) is 34.6 Å². The third-order valence-corrected chi connectivity index (χ3v) is 5.08. The largest absolute Gasteiger partial charge is 0.380 e. The van der Waals surface area contributed by atoms with Gasteiger partial charge < -0.3 is 13.8 Å². The monoisotopic (exact) mass is 385 g/mol. The van der Waals surface area contributed by atoms with Crippen molar-refractivity contribution in [2.24, 2.45) is 4.99 Å². The number of carbonyl (C=O) groups is 1. The molecule has 0 bridgehead atoms. The van der Waals surface area contributed by atoms with E-state index in [2.05, 4.69) is 10.1 Å². The van der Waals surface area contributed by atoms with Crippen LogP contribution in [0.5, 0.6) is 0 Å². The van der Waals surface area contributed by atoms with Gasteiger partial charge in [0.25, 0.3) is 0 Å². The molecule has 0 unspecified atom stereocenters. The number of carbonyl (C=O) groups excluding carboxylic acids is 1. The van der Waals surface area contributed by atoms with Crippen LogP contribution in [0, 0.1) is 0 Å². The third-order valence-electron chi connectivity index (χ3n) is 3.24. The van der Waals surface area contributed by atoms with Crippen LogP contribution >= 0.6 is 34.5 Å². The minimum absolute atomic E-state index is 0.0704. The van der Waals surface area contributed by atoms with Crippen LogP contribution in [0.25, 0.3) is 10.2 Å². The Morgan fingerprint density at radius 3 is 2.88 bits per heavy atom. The number of ether oxygens (including phenoxy) is 1. The van der Waals surface area contributed by atoms with Crippen molar-refractivity contribution in [3.8, 4) is 0 Å². The number of benzene rings is 1. The number of thiazole rings is 1. The molecule has 0 radical (unpaired) electrons. The highest BCUT2D eigenvalue weighted by Gasteiger charge is 2.15. The number of nitrogens with zero attached hydrogens (tertiary/aromatic N) is 3. The Balaban J connectivity index is 2.15. The predicted molar refractivity (Wildman–Crippen MR) is 92.7 cm³/mol. The summed E-state index contributed by atoms with van der Waals surface area (Å²) in [6, 6.07) is 4.90. The van der Waals surface area contributed by atoms with Gasteiger partial charge in [-0.05, 0) is 19.1 Å². The van der Waals surface area contributed by atoms with Crippen LogP contribution in [0.3, 0.4) is 0 Å². The standard InChI is InChI=1S/C15H13Cl2N3O3S/c1-2-22-8-7-20-12-9(16)3-4-10(17)13(12)24-15(20)19-14(21)11-5-6-18-23-11/h3-6H,2,7-8H2,1H3. The molecule has 0 N–H and O–H groups in total. The summed E-state index contributed by atoms with van der Waals surface area (Å²) in [6.45, 7) is 3.48. The van der Waals surface area contributed by atoms with Gasteiger partial charge >= 0.3 is 5.91 Å². The molecule has 0 atom stereocenters. The van der Waals surface area contributed by atoms with Crippen molar-refractivity contribution in [2.45, 2.75) is 13.5 Å². The summed E-state index contributed by atoms with van der Waals surface area (Å²) in [6.07, 6.45) is 1.39. The van der Waals surface area contributed by atoms with Crippen molar-refractivity contribution in [3.05, 3.63) is 45.0 Å². The fourth-order valence-electron chi connectivity index (χ4n) is 2.17. The summed E-state index contributed by atoms with van der Waals surface area (Å²) >= 11 is 13.9. The Hall–Kier alpha value is -1.67. The van der Waals surface area contributed by atoms with E-state index in [9.17, 15) is 4.79 Å². The van der Waals surface area contributed by atoms with Crippen molar-refractivity contribution < 1.29 is 14.1 Å². The van der Waals surface area contributed by atoms with E-state index in [-0.39, 0.29) is 5.76 Å². The van der Waals surface area contributed by atoms with Gasteiger partial charge in [-0.3, -0.25) is 4.79 Å². The molecule has 1 aromatic carbocycles. The Kier molecular flexibility index (Phi) is 5.35. The van der Waals surface area contributed by atoms with Crippen LogP contribution in [-0.4, -0.2) is 28.8 Å². The molecule has 9 heteroatoms. The maximum atomic E-state index is 12.2. The lowest BCUT2D eigenvalue weighted by Crippen LogP contribution is -2.19. The molecule has 0 saturated carbocycles. The van der Waals surface area contributed by atoms with Gasteiger partial charge in [0, 0.05) is 19.2 Å². The first-order valence-corrected chi connectivity index (χ1v) is 8.74. The number of hydrogen-bond acceptors (Lipinski definition) is 5. The number of amides is 1. The molecule has 0 spiro atoms. The molecule has 1 amide bonds. The molecule has 2 heterocycles. The molecule has 0 fully saturated rings. The van der Waals surface area contributed by atoms with Crippen LogP contribution in [-0.2, 0) is 11.3 Å². The topological polar surface area (TPSA) is 69.6 Å². The van der Waals surface area contributed by atoms with Crippen molar-refractivity contribution in [1.82, 2.24) is 9.72 Å². The van der Waals surface area contributed by atoms with Gasteiger partial charge in [0.2, 0.25) is 5.76 Å². The zero-order valence-corrected chi connectivity index (χ0v) is 15.0. The van der Waals surface area contributed by atoms with Crippen molar-refractivity contribution in [2.75, 3.05) is 13.2 Å². The fraction of sp³-hybridized carbons (Fsp3) is 0.267. The highest BCUT2D eigenvalue weighted by Crippen LogP contribution is 2.31. The molecule has 2 aromatic heterocycles. The SMILES string of the molecule is CCOCCn1c(=NC(=O)c2ccno2)sc2c(Cl)ccc(Cl)c21. The summed E-state index contributed by atoms with van der Waals surface area (Å²) in [5.74, 6) is -0.447. The number of hydrogen-bond donors (Lipinski definition) is 0. The summed E-state index contributed by atoms with van der Waals surface area (Å²) < 4.78 is 12.9. The lowest BCUT2D eigenvalue weighted by atomic mass is 10.3. The van der Waals surface area contributed by atoms with Gasteiger partial charge in [0.05, 0.1) is 33.1 Å². The van der Waals surface area contributed by atoms with Crippen LogP contribution < -0.4 is 4.80 Å². The Labute approximate surface area is 151 Å². The van der Waals surface area contributed by atoms with Crippen molar-refractivity contribution in [1.29, 1.82) is 0 Å². The van der Waals surface area contributed by atoms with Crippen LogP contribution in [0.4, 0.5) is 0 Å². The maximum Gasteiger partial charge on any atom is 0.318 e. The second kappa shape index (κ2) is 7.48. The lowest BCUT2D eigenvalue weighted by molar-refractivity contribution is 0.0961. The van der Waals surface area contributed by atoms with E-state index in [0.717, 1.165) is 10.2 Å². The number of rotatable bonds is 5. The molecule has 126 valence electrons. The molecule has 0 saturated heterocycles. The zero-order valence-electron chi connectivity index (χ0n) is 12.7. The highest BCUT2D eigenvalue weighted by atomic mass is 35.5. The van der Waals surface area contributed by atoms with E-state index in [4.69, 9.17) is 32.5 Å². The van der Waals surface area contributed by atoms with Gasteiger partial charge in [-0.15, -0.1) is 0 Å². The average molecular weight is 386 g/mol. The molecule has 3 aromatic rings. The van der Waals surface area contributed by atoms with E-state index in [1.165, 1.54) is 23.6 Å². The molecule has 0 aliphatic rings. The summed E-state index contributed by atoms with van der Waals surface area (Å²) in [4.78, 5) is 16.8. The minimum Gasteiger partial charge on any atom is -0.380 e. The van der Waals surface area contributed by atoms with Gasteiger partial charge in [-0.1, -0.05) is 39.7 Å². The van der Waals surface area contributed by atoms with E-state index in [1.54, 1.807) is 12.1 Å². The first-order valence-electron chi connectivity index (χ1n) is 7.16. The van der Waals surface area contributed by atoms with Gasteiger partial charge in [-0.25, -0.2) is 0 Å². The summed E-state index contributed by atoms with van der Waals surface area (Å²) in [7, 11) is 0. The molecule has 6 nitrogen and oxygen atoms in total. The molecular weight excluding hydrogens is 373 g/mol. The Morgan fingerprint density at radius 1 is 1.38 bits per heavy atom. The first kappa shape index (κ1) is 17.2. The van der Waals surface area contributed by atoms with Crippen LogP contribution in [0.1, 0.15) is 17.5 Å². The van der Waals surface area contributed by atoms with Crippen LogP contribution in [0.15, 0.2) is 33.9 Å². The lowest BCUT2D eigenvalue weighted by Gasteiger charge is -2.06. The van der Waals surface area contributed by atoms with Gasteiger partial charge in [-0.2, -0.15) is 4.99 Å². The van der Waals surface area contributed by atoms with E-state index < -0.39 is 5.91 Å². The second-order valence-electron chi connectivity index (χ2n) is 4.73. The molecule has 3 rings (SSSR count). The first-order chi connectivity index (χ1) is 11.6. The van der Waals surface area contributed by atoms with Gasteiger partial charge in [0.15, 0.2) is 4.80 Å². The smallest absolute Gasteiger partial charge is 0.318 e. The van der Waals surface area contributed by atoms with Gasteiger partial charge in [0.1, 0.15) is 0 Å². The normalized spacial score (nSPS) is 12.2. The quantitative estimate of drug-likeness (QED) is 0.626. The van der Waals surface area contributed by atoms with E-state index >= 15 is 0 Å². The van der Waals surface area contributed by atoms with Crippen molar-refractivity contribution in [3.63, 3.8) is 0 Å². The molecular formula is C15H13Cl2N3O3S. The minimum atomic E-state index is -0.517. The highest BCUT2D eigenvalue weighted by molar-refractivity contribution is 7.17. The maximum absolute atomic E-state index is 12.2. The number of halogens is 2. The molecule has 0 aliphatic carbocycles. The Morgan fingerprint density at radius 2 is 2.17 bits per heavy atom. The number of fused-ring (bicyclic) bond motifs is 1. The number of aromatic nitrogens is 2. The Bertz CT molecular complexity index is 931. The zero-order chi connectivity index (χ0) is 17.1. The summed E-state index contributed by atoms with van der Waals surface area (Å²) in [5, 5.41) is 4.61. The second-order valence-corrected chi connectivity index (χ2v) is 6.53. The fourth-order valence-corrected chi connectivity index (χ4v) is 3.84. The molecule has 24 heavy (non-hydrogen) atoms. The van der Waals surface area contributed by atoms with Crippen molar-refractivity contribution >= 4 is 50.7 Å². The molecule has 0 aliphatic heterocycles. The van der Waals surface area contributed by atoms with E-state index in [1.807, 2.05) is 11.5 Å². The third kappa shape index (κ3) is 3.39. The van der Waals surface area contributed by atoms with Crippen LogP contribution in [0.2, 0.25) is 10.0 Å². The summed E-state index contributed by atoms with van der Waals surface area (Å²) in [5.41, 5.74) is 0.734.